The van der Waals surface area contributed by atoms with E-state index in [0.29, 0.717) is 6.42 Å². The topological polar surface area (TPSA) is 117 Å². The van der Waals surface area contributed by atoms with Crippen LogP contribution < -0.4 is 5.73 Å². The summed E-state index contributed by atoms with van der Waals surface area (Å²) in [5.41, 5.74) is 5.36. The maximum absolute atomic E-state index is 12.6. The first-order valence-electron chi connectivity index (χ1n) is 23.5. The minimum absolute atomic E-state index is 0.0182. The molecule has 0 amide bonds. The minimum Gasteiger partial charge on any atom is -0.498 e. The Balaban J connectivity index is 4.05. The molecule has 0 bridgehead atoms. The van der Waals surface area contributed by atoms with Gasteiger partial charge in [0.05, 0.1) is 19.5 Å². The lowest BCUT2D eigenvalue weighted by Crippen LogP contribution is -2.27. The van der Waals surface area contributed by atoms with Crippen LogP contribution in [0.4, 0.5) is 0 Å². The van der Waals surface area contributed by atoms with Crippen molar-refractivity contribution in [1.82, 2.24) is 0 Å². The monoisotopic (exact) mass is 812 g/mol. The fourth-order valence-corrected chi connectivity index (χ4v) is 7.40. The number of ether oxygens (including phenoxy) is 2. The number of carbonyl (C=O) groups is 1. The molecule has 3 N–H and O–H groups in total. The highest BCUT2D eigenvalue weighted by Crippen LogP contribution is 2.43. The highest BCUT2D eigenvalue weighted by Gasteiger charge is 2.25. The number of rotatable bonds is 45. The van der Waals surface area contributed by atoms with Gasteiger partial charge in [0.2, 0.25) is 0 Å². The lowest BCUT2D eigenvalue weighted by atomic mass is 10.0. The number of unbranched alkanes of at least 4 members (excludes halogenated alkanes) is 28. The second kappa shape index (κ2) is 44.7. The Morgan fingerprint density at radius 2 is 0.929 bits per heavy atom. The molecule has 0 aromatic rings. The Morgan fingerprint density at radius 3 is 1.38 bits per heavy atom. The normalized spacial score (nSPS) is 13.6. The highest BCUT2D eigenvalue weighted by molar-refractivity contribution is 7.47. The summed E-state index contributed by atoms with van der Waals surface area (Å²) in [6.45, 7) is 4.22. The lowest BCUT2D eigenvalue weighted by Gasteiger charge is -2.19. The molecule has 0 aliphatic carbocycles. The first-order chi connectivity index (χ1) is 27.4. The molecule has 2 atom stereocenters. The SMILES string of the molecule is CCCCCCCCCCCCCC/C=C/OC[C@H](COP(=O)(O)OCCN)OC(=O)CCC/C=C/CC/C=C/CCCCCCCCCCCCCCCC. The first kappa shape index (κ1) is 54.6. The molecule has 0 aliphatic heterocycles. The number of esters is 1. The van der Waals surface area contributed by atoms with Gasteiger partial charge in [0.1, 0.15) is 6.61 Å². The van der Waals surface area contributed by atoms with E-state index in [1.807, 2.05) is 6.08 Å². The summed E-state index contributed by atoms with van der Waals surface area (Å²) >= 11 is 0. The third-order valence-electron chi connectivity index (χ3n) is 10.1. The van der Waals surface area contributed by atoms with Gasteiger partial charge in [-0.3, -0.25) is 13.8 Å². The molecule has 0 aliphatic rings. The number of phosphoric acid groups is 1. The molecule has 56 heavy (non-hydrogen) atoms. The van der Waals surface area contributed by atoms with Crippen LogP contribution in [0.25, 0.3) is 0 Å². The van der Waals surface area contributed by atoms with Crippen LogP contribution in [-0.2, 0) is 27.9 Å². The van der Waals surface area contributed by atoms with Crippen LogP contribution in [0.15, 0.2) is 36.6 Å². The molecule has 0 radical (unpaired) electrons. The Hall–Kier alpha value is -1.44. The van der Waals surface area contributed by atoms with E-state index in [4.69, 9.17) is 24.3 Å². The molecule has 0 rings (SSSR count). The van der Waals surface area contributed by atoms with Gasteiger partial charge in [0, 0.05) is 13.0 Å². The van der Waals surface area contributed by atoms with Gasteiger partial charge < -0.3 is 20.1 Å². The van der Waals surface area contributed by atoms with E-state index in [-0.39, 0.29) is 32.8 Å². The predicted octanol–water partition coefficient (Wildman–Crippen LogP) is 14.5. The third-order valence-corrected chi connectivity index (χ3v) is 11.1. The largest absolute Gasteiger partial charge is 0.498 e. The number of hydrogen-bond acceptors (Lipinski definition) is 7. The van der Waals surface area contributed by atoms with Crippen molar-refractivity contribution in [1.29, 1.82) is 0 Å². The zero-order valence-corrected chi connectivity index (χ0v) is 37.5. The van der Waals surface area contributed by atoms with E-state index in [0.717, 1.165) is 32.1 Å². The average molecular weight is 812 g/mol. The van der Waals surface area contributed by atoms with Crippen molar-refractivity contribution in [3.05, 3.63) is 36.6 Å². The Labute approximate surface area is 346 Å². The van der Waals surface area contributed by atoms with Gasteiger partial charge in [-0.2, -0.15) is 0 Å². The van der Waals surface area contributed by atoms with Crippen LogP contribution in [-0.4, -0.2) is 43.3 Å². The van der Waals surface area contributed by atoms with Crippen LogP contribution >= 0.6 is 7.82 Å². The van der Waals surface area contributed by atoms with Gasteiger partial charge in [0.25, 0.3) is 0 Å². The summed E-state index contributed by atoms with van der Waals surface area (Å²) in [5, 5.41) is 0. The molecule has 0 spiro atoms. The second-order valence-corrected chi connectivity index (χ2v) is 17.1. The molecular weight excluding hydrogens is 721 g/mol. The van der Waals surface area contributed by atoms with Crippen molar-refractivity contribution in [3.8, 4) is 0 Å². The number of hydrogen-bond donors (Lipinski definition) is 2. The van der Waals surface area contributed by atoms with Crippen LogP contribution in [0.5, 0.6) is 0 Å². The molecular formula is C47H90NO7P. The number of nitrogens with two attached hydrogens (primary N) is 1. The summed E-state index contributed by atoms with van der Waals surface area (Å²) < 4.78 is 33.2. The van der Waals surface area contributed by atoms with E-state index in [1.165, 1.54) is 167 Å². The summed E-state index contributed by atoms with van der Waals surface area (Å²) in [4.78, 5) is 22.5. The molecule has 0 saturated carbocycles. The van der Waals surface area contributed by atoms with Crippen molar-refractivity contribution in [2.45, 2.75) is 232 Å². The van der Waals surface area contributed by atoms with Gasteiger partial charge in [-0.25, -0.2) is 4.57 Å². The van der Waals surface area contributed by atoms with Crippen LogP contribution in [0.2, 0.25) is 0 Å². The molecule has 0 saturated heterocycles. The molecule has 330 valence electrons. The van der Waals surface area contributed by atoms with Gasteiger partial charge in [-0.05, 0) is 57.4 Å². The van der Waals surface area contributed by atoms with E-state index in [2.05, 4.69) is 38.2 Å². The molecule has 1 unspecified atom stereocenters. The van der Waals surface area contributed by atoms with Crippen molar-refractivity contribution in [2.75, 3.05) is 26.4 Å². The quantitative estimate of drug-likeness (QED) is 0.0205. The molecule has 0 aromatic carbocycles. The van der Waals surface area contributed by atoms with E-state index >= 15 is 0 Å². The van der Waals surface area contributed by atoms with Crippen LogP contribution in [0, 0.1) is 0 Å². The summed E-state index contributed by atoms with van der Waals surface area (Å²) in [5.74, 6) is -0.391. The summed E-state index contributed by atoms with van der Waals surface area (Å²) in [6, 6.07) is 0. The Morgan fingerprint density at radius 1 is 0.536 bits per heavy atom. The number of carbonyl (C=O) groups excluding carboxylic acids is 1. The predicted molar refractivity (Wildman–Crippen MR) is 238 cm³/mol. The number of allylic oxidation sites excluding steroid dienone is 5. The standard InChI is InChI=1S/C47H90NO7P/c1-3-5-7-9-11-13-15-17-19-20-21-22-23-24-25-26-27-28-30-32-34-36-38-40-47(49)55-46(45-54-56(50,51)53-43-41-48)44-52-42-39-37-35-33-31-29-18-16-14-12-10-8-6-4-2/h26-27,32,34,39,42,46H,3-25,28-31,33,35-38,40-41,43-45,48H2,1-2H3,(H,50,51)/b27-26+,34-32+,42-39+/t46-/m1/s1. The first-order valence-corrected chi connectivity index (χ1v) is 25.0. The average Bonchev–Trinajstić information content (AvgIpc) is 3.19. The maximum atomic E-state index is 12.6. The maximum Gasteiger partial charge on any atom is 0.472 e. The van der Waals surface area contributed by atoms with Gasteiger partial charge in [0.15, 0.2) is 6.10 Å². The third kappa shape index (κ3) is 43.7. The van der Waals surface area contributed by atoms with Crippen LogP contribution in [0.1, 0.15) is 226 Å². The van der Waals surface area contributed by atoms with Crippen LogP contribution in [0.3, 0.4) is 0 Å². The van der Waals surface area contributed by atoms with E-state index in [9.17, 15) is 14.3 Å². The van der Waals surface area contributed by atoms with Gasteiger partial charge in [-0.15, -0.1) is 0 Å². The van der Waals surface area contributed by atoms with Gasteiger partial charge in [-0.1, -0.05) is 192 Å². The van der Waals surface area contributed by atoms with Crippen molar-refractivity contribution in [3.63, 3.8) is 0 Å². The molecule has 0 fully saturated rings. The fourth-order valence-electron chi connectivity index (χ4n) is 6.63. The fraction of sp³-hybridized carbons (Fsp3) is 0.851. The van der Waals surface area contributed by atoms with E-state index in [1.54, 1.807) is 6.26 Å². The Kier molecular flexibility index (Phi) is 43.5. The van der Waals surface area contributed by atoms with Crippen molar-refractivity contribution >= 4 is 13.8 Å². The summed E-state index contributed by atoms with van der Waals surface area (Å²) in [7, 11) is -4.30. The minimum atomic E-state index is -4.30. The zero-order chi connectivity index (χ0) is 40.9. The van der Waals surface area contributed by atoms with E-state index < -0.39 is 19.9 Å². The zero-order valence-electron chi connectivity index (χ0n) is 36.6. The Bertz CT molecular complexity index is 957. The van der Waals surface area contributed by atoms with Crippen molar-refractivity contribution in [2.24, 2.45) is 5.73 Å². The lowest BCUT2D eigenvalue weighted by molar-refractivity contribution is -0.153. The summed E-state index contributed by atoms with van der Waals surface area (Å²) in [6.07, 6.45) is 52.8. The second-order valence-electron chi connectivity index (χ2n) is 15.7. The van der Waals surface area contributed by atoms with Crippen molar-refractivity contribution < 1.29 is 32.8 Å². The smallest absolute Gasteiger partial charge is 0.472 e. The molecule has 8 nitrogen and oxygen atoms in total. The number of phosphoric ester groups is 1. The molecule has 0 aromatic heterocycles. The molecule has 0 heterocycles. The van der Waals surface area contributed by atoms with Gasteiger partial charge >= 0.3 is 13.8 Å². The highest BCUT2D eigenvalue weighted by atomic mass is 31.2. The molecule has 9 heteroatoms.